The molecular formula is C21H23ClN2O4. The van der Waals surface area contributed by atoms with Crippen LogP contribution in [0.4, 0.5) is 5.69 Å². The number of nitrogens with zero attached hydrogens (tertiary/aromatic N) is 1. The molecule has 0 bridgehead atoms. The van der Waals surface area contributed by atoms with Gasteiger partial charge in [0.2, 0.25) is 0 Å². The van der Waals surface area contributed by atoms with Crippen LogP contribution in [0.5, 0.6) is 5.75 Å². The highest BCUT2D eigenvalue weighted by molar-refractivity contribution is 6.31. The van der Waals surface area contributed by atoms with Gasteiger partial charge in [0.05, 0.1) is 18.4 Å². The van der Waals surface area contributed by atoms with Gasteiger partial charge in [0.25, 0.3) is 5.91 Å². The molecule has 0 fully saturated rings. The number of methoxy groups -OCH3 is 1. The number of carbonyl (C=O) groups excluding carboxylic acids is 2. The zero-order valence-electron chi connectivity index (χ0n) is 16.3. The summed E-state index contributed by atoms with van der Waals surface area (Å²) in [5, 5.41) is 4.00. The van der Waals surface area contributed by atoms with E-state index < -0.39 is 5.97 Å². The molecule has 0 unspecified atom stereocenters. The predicted molar refractivity (Wildman–Crippen MR) is 108 cm³/mol. The molecule has 0 aliphatic carbocycles. The van der Waals surface area contributed by atoms with E-state index in [1.807, 2.05) is 32.9 Å². The van der Waals surface area contributed by atoms with Crippen LogP contribution in [0.25, 0.3) is 0 Å². The standard InChI is InChI=1S/C21H23ClN2O4/c1-5-24-20(23-17-10-15(22)6-7-16(17)21(24)26)14-8-12(2)19(13(3)9-14)28-11-18(25)27-4/h6-10,20,23H,5,11H2,1-4H3/t20-/m0/s1. The van der Waals surface area contributed by atoms with Crippen molar-refractivity contribution in [1.29, 1.82) is 0 Å². The molecule has 2 aromatic carbocycles. The minimum absolute atomic E-state index is 0.0424. The van der Waals surface area contributed by atoms with Gasteiger partial charge in [-0.2, -0.15) is 0 Å². The molecule has 28 heavy (non-hydrogen) atoms. The molecule has 0 saturated heterocycles. The SMILES string of the molecule is CCN1C(=O)c2ccc(Cl)cc2N[C@@H]1c1cc(C)c(OCC(=O)OC)c(C)c1. The van der Waals surface area contributed by atoms with E-state index in [2.05, 4.69) is 10.1 Å². The third kappa shape index (κ3) is 3.78. The molecule has 1 N–H and O–H groups in total. The monoisotopic (exact) mass is 402 g/mol. The first-order valence-corrected chi connectivity index (χ1v) is 9.41. The van der Waals surface area contributed by atoms with Gasteiger partial charge in [-0.1, -0.05) is 11.6 Å². The van der Waals surface area contributed by atoms with Crippen molar-refractivity contribution in [2.45, 2.75) is 26.9 Å². The largest absolute Gasteiger partial charge is 0.481 e. The number of anilines is 1. The number of nitrogens with one attached hydrogen (secondary N) is 1. The van der Waals surface area contributed by atoms with Crippen molar-refractivity contribution in [3.05, 3.63) is 57.6 Å². The van der Waals surface area contributed by atoms with Gasteiger partial charge in [0.15, 0.2) is 6.61 Å². The number of benzene rings is 2. The smallest absolute Gasteiger partial charge is 0.343 e. The van der Waals surface area contributed by atoms with Crippen LogP contribution in [0.2, 0.25) is 5.02 Å². The average Bonchev–Trinajstić information content (AvgIpc) is 2.66. The highest BCUT2D eigenvalue weighted by Gasteiger charge is 2.32. The zero-order valence-corrected chi connectivity index (χ0v) is 17.1. The maximum Gasteiger partial charge on any atom is 0.343 e. The Hall–Kier alpha value is -2.73. The van der Waals surface area contributed by atoms with E-state index in [1.165, 1.54) is 7.11 Å². The predicted octanol–water partition coefficient (Wildman–Crippen LogP) is 4.10. The van der Waals surface area contributed by atoms with Crippen LogP contribution < -0.4 is 10.1 Å². The molecule has 1 aliphatic rings. The maximum atomic E-state index is 13.0. The molecule has 1 atom stereocenters. The molecular weight excluding hydrogens is 380 g/mol. The van der Waals surface area contributed by atoms with E-state index >= 15 is 0 Å². The number of hydrogen-bond donors (Lipinski definition) is 1. The third-order valence-corrected chi connectivity index (χ3v) is 5.01. The molecule has 7 heteroatoms. The number of fused-ring (bicyclic) bond motifs is 1. The average molecular weight is 403 g/mol. The fourth-order valence-electron chi connectivity index (χ4n) is 3.47. The molecule has 0 radical (unpaired) electrons. The summed E-state index contributed by atoms with van der Waals surface area (Å²) < 4.78 is 10.2. The Balaban J connectivity index is 1.95. The fraction of sp³-hybridized carbons (Fsp3) is 0.333. The lowest BCUT2D eigenvalue weighted by molar-refractivity contribution is -0.142. The molecule has 148 valence electrons. The van der Waals surface area contributed by atoms with Gasteiger partial charge in [-0.05, 0) is 67.8 Å². The summed E-state index contributed by atoms with van der Waals surface area (Å²) in [6.45, 7) is 6.17. The van der Waals surface area contributed by atoms with Crippen molar-refractivity contribution >= 4 is 29.2 Å². The minimum atomic E-state index is -0.437. The summed E-state index contributed by atoms with van der Waals surface area (Å²) in [6.07, 6.45) is -0.324. The minimum Gasteiger partial charge on any atom is -0.481 e. The van der Waals surface area contributed by atoms with E-state index in [0.29, 0.717) is 28.6 Å². The van der Waals surface area contributed by atoms with Crippen LogP contribution in [-0.2, 0) is 9.53 Å². The third-order valence-electron chi connectivity index (χ3n) is 4.78. The first kappa shape index (κ1) is 20.0. The van der Waals surface area contributed by atoms with E-state index in [9.17, 15) is 9.59 Å². The van der Waals surface area contributed by atoms with Crippen molar-refractivity contribution in [2.75, 3.05) is 25.6 Å². The van der Waals surface area contributed by atoms with Gasteiger partial charge in [-0.3, -0.25) is 4.79 Å². The molecule has 3 rings (SSSR count). The first-order valence-electron chi connectivity index (χ1n) is 9.03. The Morgan fingerprint density at radius 1 is 1.21 bits per heavy atom. The Kier molecular flexibility index (Phi) is 5.79. The molecule has 0 saturated carbocycles. The molecule has 2 aromatic rings. The summed E-state index contributed by atoms with van der Waals surface area (Å²) in [5.41, 5.74) is 4.01. The Morgan fingerprint density at radius 2 is 1.89 bits per heavy atom. The van der Waals surface area contributed by atoms with Gasteiger partial charge in [0, 0.05) is 11.6 Å². The quantitative estimate of drug-likeness (QED) is 0.763. The lowest BCUT2D eigenvalue weighted by atomic mass is 9.99. The van der Waals surface area contributed by atoms with E-state index in [-0.39, 0.29) is 18.7 Å². The summed E-state index contributed by atoms with van der Waals surface area (Å²) >= 11 is 6.11. The van der Waals surface area contributed by atoms with Gasteiger partial charge in [0.1, 0.15) is 11.9 Å². The van der Waals surface area contributed by atoms with Crippen LogP contribution in [0, 0.1) is 13.8 Å². The number of carbonyl (C=O) groups is 2. The van der Waals surface area contributed by atoms with Gasteiger partial charge in [-0.15, -0.1) is 0 Å². The van der Waals surface area contributed by atoms with Crippen LogP contribution in [0.3, 0.4) is 0 Å². The number of ether oxygens (including phenoxy) is 2. The van der Waals surface area contributed by atoms with Crippen LogP contribution in [0.15, 0.2) is 30.3 Å². The summed E-state index contributed by atoms with van der Waals surface area (Å²) in [7, 11) is 1.32. The van der Waals surface area contributed by atoms with Gasteiger partial charge >= 0.3 is 5.97 Å². The number of amides is 1. The second-order valence-corrected chi connectivity index (χ2v) is 7.11. The molecule has 0 aromatic heterocycles. The molecule has 6 nitrogen and oxygen atoms in total. The van der Waals surface area contributed by atoms with E-state index in [1.54, 1.807) is 23.1 Å². The van der Waals surface area contributed by atoms with Crippen molar-refractivity contribution < 1.29 is 19.1 Å². The Morgan fingerprint density at radius 3 is 2.50 bits per heavy atom. The topological polar surface area (TPSA) is 67.9 Å². The summed E-state index contributed by atoms with van der Waals surface area (Å²) in [6, 6.07) is 9.15. The van der Waals surface area contributed by atoms with Crippen molar-refractivity contribution in [3.8, 4) is 5.75 Å². The normalized spacial score (nSPS) is 15.7. The van der Waals surface area contributed by atoms with E-state index in [4.69, 9.17) is 16.3 Å². The number of hydrogen-bond acceptors (Lipinski definition) is 5. The number of halogens is 1. The van der Waals surface area contributed by atoms with E-state index in [0.717, 1.165) is 16.7 Å². The second-order valence-electron chi connectivity index (χ2n) is 6.68. The lowest BCUT2D eigenvalue weighted by Crippen LogP contribution is -2.42. The highest BCUT2D eigenvalue weighted by atomic mass is 35.5. The Bertz CT molecular complexity index is 906. The Labute approximate surface area is 169 Å². The molecule has 0 spiro atoms. The van der Waals surface area contributed by atoms with Crippen molar-refractivity contribution in [2.24, 2.45) is 0 Å². The first-order chi connectivity index (χ1) is 13.3. The lowest BCUT2D eigenvalue weighted by Gasteiger charge is -2.38. The zero-order chi connectivity index (χ0) is 20.4. The molecule has 1 heterocycles. The van der Waals surface area contributed by atoms with Gasteiger partial charge < -0.3 is 19.7 Å². The van der Waals surface area contributed by atoms with Gasteiger partial charge in [-0.25, -0.2) is 4.79 Å². The maximum absolute atomic E-state index is 13.0. The second kappa shape index (κ2) is 8.10. The molecule has 1 amide bonds. The fourth-order valence-corrected chi connectivity index (χ4v) is 3.64. The van der Waals surface area contributed by atoms with Crippen LogP contribution in [0.1, 0.15) is 40.1 Å². The summed E-state index contributed by atoms with van der Waals surface area (Å²) in [4.78, 5) is 26.1. The van der Waals surface area contributed by atoms with Crippen molar-refractivity contribution in [1.82, 2.24) is 4.90 Å². The molecule has 1 aliphatic heterocycles. The number of rotatable bonds is 5. The van der Waals surface area contributed by atoms with Crippen LogP contribution >= 0.6 is 11.6 Å². The number of aryl methyl sites for hydroxylation is 2. The highest BCUT2D eigenvalue weighted by Crippen LogP contribution is 2.36. The van der Waals surface area contributed by atoms with Crippen molar-refractivity contribution in [3.63, 3.8) is 0 Å². The van der Waals surface area contributed by atoms with Crippen LogP contribution in [-0.4, -0.2) is 37.0 Å². The number of esters is 1. The summed E-state index contributed by atoms with van der Waals surface area (Å²) in [5.74, 6) is 0.162.